The summed E-state index contributed by atoms with van der Waals surface area (Å²) in [6.07, 6.45) is 7.88. The molecule has 0 radical (unpaired) electrons. The summed E-state index contributed by atoms with van der Waals surface area (Å²) in [6, 6.07) is 14.5. The van der Waals surface area contributed by atoms with Crippen molar-refractivity contribution in [3.8, 4) is 6.07 Å². The molecule has 2 atom stereocenters. The quantitative estimate of drug-likeness (QED) is 0.108. The molecule has 236 valence electrons. The van der Waals surface area contributed by atoms with Gasteiger partial charge in [0, 0.05) is 49.7 Å². The van der Waals surface area contributed by atoms with Crippen molar-refractivity contribution >= 4 is 17.4 Å². The van der Waals surface area contributed by atoms with E-state index in [0.717, 1.165) is 90.7 Å². The third-order valence-electron chi connectivity index (χ3n) is 10.2. The third kappa shape index (κ3) is 5.97. The molecule has 10 nitrogen and oxygen atoms in total. The summed E-state index contributed by atoms with van der Waals surface area (Å²) in [6.45, 7) is 9.97. The lowest BCUT2D eigenvalue weighted by Gasteiger charge is -2.44. The van der Waals surface area contributed by atoms with Gasteiger partial charge in [0.2, 0.25) is 0 Å². The maximum Gasteiger partial charge on any atom is 0.251 e. The number of nitrogens with two attached hydrogens (primary N) is 1. The molecule has 2 aromatic carbocycles. The van der Waals surface area contributed by atoms with Crippen molar-refractivity contribution < 1.29 is 4.79 Å². The topological polar surface area (TPSA) is 155 Å². The van der Waals surface area contributed by atoms with Crippen LogP contribution in [0.25, 0.3) is 5.70 Å². The summed E-state index contributed by atoms with van der Waals surface area (Å²) in [5.74, 6) is 0.108. The molecule has 2 fully saturated rings. The SMILES string of the molecule is C=C(NC)c1ccc2c(c1)CCc1cc(C(=O)NC)ccc1C2(CC1(NCC(=C)N2CCCC2C#N)CCCC1)/C(N)=N/N=N. The molecule has 0 spiro atoms. The summed E-state index contributed by atoms with van der Waals surface area (Å²) in [5, 5.41) is 27.2. The molecule has 2 unspecified atom stereocenters. The van der Waals surface area contributed by atoms with Gasteiger partial charge in [-0.05, 0) is 91.0 Å². The van der Waals surface area contributed by atoms with Crippen LogP contribution < -0.4 is 21.7 Å². The zero-order chi connectivity index (χ0) is 32.2. The Morgan fingerprint density at radius 2 is 1.71 bits per heavy atom. The smallest absolute Gasteiger partial charge is 0.251 e. The van der Waals surface area contributed by atoms with Crippen molar-refractivity contribution in [2.75, 3.05) is 27.2 Å². The Morgan fingerprint density at radius 1 is 1.07 bits per heavy atom. The highest BCUT2D eigenvalue weighted by Gasteiger charge is 2.50. The van der Waals surface area contributed by atoms with Crippen LogP contribution in [-0.4, -0.2) is 55.4 Å². The Labute approximate surface area is 266 Å². The highest BCUT2D eigenvalue weighted by molar-refractivity contribution is 5.98. The van der Waals surface area contributed by atoms with Crippen LogP contribution >= 0.6 is 0 Å². The lowest BCUT2D eigenvalue weighted by atomic mass is 9.64. The molecule has 45 heavy (non-hydrogen) atoms. The lowest BCUT2D eigenvalue weighted by Crippen LogP contribution is -2.54. The summed E-state index contributed by atoms with van der Waals surface area (Å²) in [5.41, 5.74) is 21.0. The molecule has 1 amide bonds. The minimum Gasteiger partial charge on any atom is -0.388 e. The van der Waals surface area contributed by atoms with Crippen molar-refractivity contribution in [3.05, 3.63) is 88.6 Å². The molecule has 0 bridgehead atoms. The lowest BCUT2D eigenvalue weighted by molar-refractivity contribution is 0.0963. The van der Waals surface area contributed by atoms with E-state index in [2.05, 4.69) is 68.6 Å². The van der Waals surface area contributed by atoms with Gasteiger partial charge in [-0.15, -0.1) is 5.10 Å². The molecule has 2 aromatic rings. The number of benzene rings is 2. The van der Waals surface area contributed by atoms with Gasteiger partial charge in [0.05, 0.1) is 11.5 Å². The fraction of sp³-hybridized carbons (Fsp3) is 0.457. The number of likely N-dealkylation sites (tertiary alicyclic amines) is 1. The first-order valence-corrected chi connectivity index (χ1v) is 15.9. The van der Waals surface area contributed by atoms with E-state index in [-0.39, 0.29) is 23.3 Å². The maximum absolute atomic E-state index is 12.7. The highest BCUT2D eigenvalue weighted by Crippen LogP contribution is 2.49. The predicted molar refractivity (Wildman–Crippen MR) is 178 cm³/mol. The van der Waals surface area contributed by atoms with Gasteiger partial charge < -0.3 is 26.6 Å². The molecule has 1 saturated heterocycles. The number of nitrogens with one attached hydrogen (secondary N) is 4. The van der Waals surface area contributed by atoms with Gasteiger partial charge in [0.15, 0.2) is 0 Å². The average molecular weight is 608 g/mol. The van der Waals surface area contributed by atoms with E-state index < -0.39 is 5.41 Å². The molecule has 2 aliphatic carbocycles. The summed E-state index contributed by atoms with van der Waals surface area (Å²) >= 11 is 0. The van der Waals surface area contributed by atoms with Gasteiger partial charge in [-0.3, -0.25) is 4.79 Å². The van der Waals surface area contributed by atoms with E-state index in [1.54, 1.807) is 7.05 Å². The van der Waals surface area contributed by atoms with Crippen LogP contribution in [0.3, 0.4) is 0 Å². The molecule has 10 heteroatoms. The zero-order valence-electron chi connectivity index (χ0n) is 26.5. The van der Waals surface area contributed by atoms with E-state index in [0.29, 0.717) is 24.9 Å². The average Bonchev–Trinajstić information content (AvgIpc) is 3.72. The number of amides is 1. The minimum atomic E-state index is -0.923. The van der Waals surface area contributed by atoms with Crippen molar-refractivity contribution in [2.45, 2.75) is 74.8 Å². The molecule has 1 heterocycles. The second-order valence-corrected chi connectivity index (χ2v) is 12.6. The minimum absolute atomic E-state index is 0.136. The molecular formula is C35H45N9O. The second kappa shape index (κ2) is 13.2. The Hall–Kier alpha value is -4.49. The van der Waals surface area contributed by atoms with E-state index in [1.165, 1.54) is 0 Å². The standard InChI is InChI=1S/C35H45N9O/c1-23(44-17-7-8-29(44)20-36)21-41-34(15-5-6-16-34)22-35(33(37)42-43-38)30-13-11-25(24(2)39-3)18-26(30)9-10-27-19-28(32(45)40-4)12-14-31(27)35/h11-14,18-19,29,39,41H,1-2,5-10,15-17,21-22H2,3-4H3,(H,40,45)(H3,37,38,42). The number of carbonyl (C=O) groups excluding carboxylic acids is 1. The maximum atomic E-state index is 12.7. The first-order chi connectivity index (χ1) is 21.7. The van der Waals surface area contributed by atoms with Gasteiger partial charge in [0.1, 0.15) is 11.9 Å². The highest BCUT2D eigenvalue weighted by atomic mass is 16.1. The van der Waals surface area contributed by atoms with Gasteiger partial charge in [-0.25, -0.2) is 0 Å². The number of nitrogens with zero attached hydrogens (tertiary/aromatic N) is 4. The number of nitriles is 1. The van der Waals surface area contributed by atoms with Crippen molar-refractivity contribution in [2.24, 2.45) is 16.1 Å². The molecule has 1 saturated carbocycles. The largest absolute Gasteiger partial charge is 0.388 e. The number of rotatable bonds is 11. The number of carbonyl (C=O) groups is 1. The first-order valence-electron chi connectivity index (χ1n) is 15.9. The zero-order valence-corrected chi connectivity index (χ0v) is 26.5. The molecule has 5 rings (SSSR count). The van der Waals surface area contributed by atoms with Crippen LogP contribution in [0.15, 0.2) is 65.6 Å². The molecule has 1 aliphatic heterocycles. The second-order valence-electron chi connectivity index (χ2n) is 12.6. The van der Waals surface area contributed by atoms with Crippen LogP contribution in [-0.2, 0) is 18.3 Å². The number of hydrogen-bond acceptors (Lipinski definition) is 7. The fourth-order valence-corrected chi connectivity index (χ4v) is 7.81. The molecular weight excluding hydrogens is 562 g/mol. The van der Waals surface area contributed by atoms with Gasteiger partial charge in [-0.2, -0.15) is 10.8 Å². The van der Waals surface area contributed by atoms with Crippen LogP contribution in [0.2, 0.25) is 0 Å². The Bertz CT molecular complexity index is 1500. The van der Waals surface area contributed by atoms with Crippen LogP contribution in [0.5, 0.6) is 0 Å². The molecule has 3 aliphatic rings. The summed E-state index contributed by atoms with van der Waals surface area (Å²) in [4.78, 5) is 14.9. The summed E-state index contributed by atoms with van der Waals surface area (Å²) < 4.78 is 0. The monoisotopic (exact) mass is 607 g/mol. The number of aryl methyl sites for hydroxylation is 2. The van der Waals surface area contributed by atoms with Gasteiger partial charge in [-0.1, -0.05) is 49.4 Å². The Kier molecular flexibility index (Phi) is 9.40. The number of amidine groups is 1. The van der Waals surface area contributed by atoms with Crippen LogP contribution in [0.4, 0.5) is 0 Å². The van der Waals surface area contributed by atoms with E-state index in [9.17, 15) is 10.1 Å². The predicted octanol–water partition coefficient (Wildman–Crippen LogP) is 4.72. The number of hydrogen-bond donors (Lipinski definition) is 5. The summed E-state index contributed by atoms with van der Waals surface area (Å²) in [7, 11) is 3.49. The number of fused-ring (bicyclic) bond motifs is 2. The molecule has 0 aromatic heterocycles. The van der Waals surface area contributed by atoms with Crippen LogP contribution in [0, 0.1) is 16.9 Å². The van der Waals surface area contributed by atoms with Crippen LogP contribution in [0.1, 0.15) is 83.1 Å². The van der Waals surface area contributed by atoms with Gasteiger partial charge in [0.25, 0.3) is 5.91 Å². The third-order valence-corrected chi connectivity index (χ3v) is 10.2. The van der Waals surface area contributed by atoms with E-state index >= 15 is 0 Å². The van der Waals surface area contributed by atoms with Crippen molar-refractivity contribution in [1.29, 1.82) is 10.8 Å². The normalized spacial score (nSPS) is 22.0. The van der Waals surface area contributed by atoms with Crippen molar-refractivity contribution in [1.82, 2.24) is 20.9 Å². The van der Waals surface area contributed by atoms with E-state index in [4.69, 9.17) is 11.3 Å². The Morgan fingerprint density at radius 3 is 2.31 bits per heavy atom. The van der Waals surface area contributed by atoms with Crippen molar-refractivity contribution in [3.63, 3.8) is 0 Å². The first kappa shape index (κ1) is 31.9. The molecule has 6 N–H and O–H groups in total. The van der Waals surface area contributed by atoms with Gasteiger partial charge >= 0.3 is 0 Å². The fourth-order valence-electron chi connectivity index (χ4n) is 7.81. The van der Waals surface area contributed by atoms with E-state index in [1.807, 2.05) is 25.2 Å². The Balaban J connectivity index is 1.67.